The molecule has 136 valence electrons. The van der Waals surface area contributed by atoms with Crippen molar-refractivity contribution in [1.82, 2.24) is 5.32 Å². The van der Waals surface area contributed by atoms with E-state index in [4.69, 9.17) is 5.73 Å². The van der Waals surface area contributed by atoms with Gasteiger partial charge in [-0.3, -0.25) is 9.59 Å². The SMILES string of the molecule is CCC(CC)(CN)NC(=O)C(C)Sc1ccc(NC(C)=O)cc1.Cl. The van der Waals surface area contributed by atoms with Gasteiger partial charge >= 0.3 is 0 Å². The number of halogens is 1. The largest absolute Gasteiger partial charge is 0.348 e. The first-order valence-electron chi connectivity index (χ1n) is 7.92. The lowest BCUT2D eigenvalue weighted by molar-refractivity contribution is -0.122. The van der Waals surface area contributed by atoms with Crippen LogP contribution in [0.4, 0.5) is 5.69 Å². The average Bonchev–Trinajstić information content (AvgIpc) is 2.54. The zero-order valence-electron chi connectivity index (χ0n) is 14.7. The summed E-state index contributed by atoms with van der Waals surface area (Å²) in [6, 6.07) is 7.46. The first kappa shape index (κ1) is 22.8. The van der Waals surface area contributed by atoms with Gasteiger partial charge in [0.25, 0.3) is 0 Å². The number of amides is 2. The highest BCUT2D eigenvalue weighted by molar-refractivity contribution is 8.00. The number of hydrogen-bond donors (Lipinski definition) is 3. The summed E-state index contributed by atoms with van der Waals surface area (Å²) in [4.78, 5) is 24.4. The summed E-state index contributed by atoms with van der Waals surface area (Å²) in [7, 11) is 0. The number of benzene rings is 1. The number of carbonyl (C=O) groups is 2. The summed E-state index contributed by atoms with van der Waals surface area (Å²) in [5, 5.41) is 5.60. The molecule has 4 N–H and O–H groups in total. The maximum atomic E-state index is 12.4. The van der Waals surface area contributed by atoms with E-state index >= 15 is 0 Å². The van der Waals surface area contributed by atoms with Crippen LogP contribution in [0.5, 0.6) is 0 Å². The molecule has 0 aromatic heterocycles. The second-order valence-electron chi connectivity index (χ2n) is 5.65. The van der Waals surface area contributed by atoms with E-state index in [2.05, 4.69) is 10.6 Å². The minimum atomic E-state index is -0.318. The Labute approximate surface area is 154 Å². The van der Waals surface area contributed by atoms with E-state index in [1.807, 2.05) is 45.0 Å². The van der Waals surface area contributed by atoms with Gasteiger partial charge in [0.05, 0.1) is 10.8 Å². The molecule has 0 radical (unpaired) electrons. The van der Waals surface area contributed by atoms with Crippen molar-refractivity contribution in [1.29, 1.82) is 0 Å². The number of carbonyl (C=O) groups excluding carboxylic acids is 2. The Kier molecular flexibility index (Phi) is 10.0. The zero-order chi connectivity index (χ0) is 17.5. The monoisotopic (exact) mass is 373 g/mol. The lowest BCUT2D eigenvalue weighted by Crippen LogP contribution is -2.54. The maximum absolute atomic E-state index is 12.4. The van der Waals surface area contributed by atoms with Gasteiger partial charge in [-0.05, 0) is 44.0 Å². The Morgan fingerprint density at radius 2 is 1.75 bits per heavy atom. The van der Waals surface area contributed by atoms with Crippen LogP contribution in [0.1, 0.15) is 40.5 Å². The van der Waals surface area contributed by atoms with Crippen molar-refractivity contribution in [2.24, 2.45) is 5.73 Å². The van der Waals surface area contributed by atoms with Gasteiger partial charge in [-0.15, -0.1) is 24.2 Å². The van der Waals surface area contributed by atoms with Crippen molar-refractivity contribution >= 4 is 41.7 Å². The second kappa shape index (κ2) is 10.6. The predicted octanol–water partition coefficient (Wildman–Crippen LogP) is 3.18. The lowest BCUT2D eigenvalue weighted by atomic mass is 9.93. The molecule has 0 saturated heterocycles. The van der Waals surface area contributed by atoms with E-state index in [1.165, 1.54) is 18.7 Å². The van der Waals surface area contributed by atoms with Crippen LogP contribution in [-0.4, -0.2) is 29.1 Å². The van der Waals surface area contributed by atoms with Gasteiger partial charge in [-0.1, -0.05) is 13.8 Å². The number of nitrogens with one attached hydrogen (secondary N) is 2. The van der Waals surface area contributed by atoms with E-state index in [-0.39, 0.29) is 35.0 Å². The first-order valence-corrected chi connectivity index (χ1v) is 8.80. The minimum absolute atomic E-state index is 0. The van der Waals surface area contributed by atoms with Gasteiger partial charge < -0.3 is 16.4 Å². The highest BCUT2D eigenvalue weighted by Crippen LogP contribution is 2.25. The quantitative estimate of drug-likeness (QED) is 0.611. The molecule has 0 aliphatic rings. The third-order valence-electron chi connectivity index (χ3n) is 3.99. The van der Waals surface area contributed by atoms with Crippen LogP contribution in [0.3, 0.4) is 0 Å². The molecule has 1 atom stereocenters. The van der Waals surface area contributed by atoms with E-state index < -0.39 is 0 Å². The molecule has 0 aliphatic carbocycles. The number of hydrogen-bond acceptors (Lipinski definition) is 4. The summed E-state index contributed by atoms with van der Waals surface area (Å²) in [6.07, 6.45) is 1.63. The topological polar surface area (TPSA) is 84.2 Å². The summed E-state index contributed by atoms with van der Waals surface area (Å²) in [6.45, 7) is 7.87. The normalized spacial score (nSPS) is 12.0. The third kappa shape index (κ3) is 6.71. The van der Waals surface area contributed by atoms with Crippen molar-refractivity contribution in [3.63, 3.8) is 0 Å². The van der Waals surface area contributed by atoms with E-state index in [0.29, 0.717) is 6.54 Å². The highest BCUT2D eigenvalue weighted by atomic mass is 35.5. The van der Waals surface area contributed by atoms with Crippen molar-refractivity contribution in [2.45, 2.75) is 56.2 Å². The molecule has 0 heterocycles. The van der Waals surface area contributed by atoms with Gasteiger partial charge in [0.15, 0.2) is 0 Å². The Balaban J connectivity index is 0.00000529. The van der Waals surface area contributed by atoms with Crippen LogP contribution in [-0.2, 0) is 9.59 Å². The lowest BCUT2D eigenvalue weighted by Gasteiger charge is -2.32. The fourth-order valence-corrected chi connectivity index (χ4v) is 3.07. The summed E-state index contributed by atoms with van der Waals surface area (Å²) in [5.41, 5.74) is 6.26. The van der Waals surface area contributed by atoms with Gasteiger partial charge in [-0.25, -0.2) is 0 Å². The molecule has 0 bridgehead atoms. The summed E-state index contributed by atoms with van der Waals surface area (Å²) >= 11 is 1.49. The molecule has 1 aromatic carbocycles. The molecule has 7 heteroatoms. The van der Waals surface area contributed by atoms with Crippen molar-refractivity contribution in [2.75, 3.05) is 11.9 Å². The van der Waals surface area contributed by atoms with Crippen LogP contribution < -0.4 is 16.4 Å². The highest BCUT2D eigenvalue weighted by Gasteiger charge is 2.28. The third-order valence-corrected chi connectivity index (χ3v) is 5.10. The molecule has 0 saturated carbocycles. The van der Waals surface area contributed by atoms with Crippen molar-refractivity contribution < 1.29 is 9.59 Å². The molecular formula is C17H28ClN3O2S. The Bertz CT molecular complexity index is 525. The van der Waals surface area contributed by atoms with Crippen molar-refractivity contribution in [3.8, 4) is 0 Å². The van der Waals surface area contributed by atoms with Crippen LogP contribution in [0.2, 0.25) is 0 Å². The van der Waals surface area contributed by atoms with Crippen LogP contribution >= 0.6 is 24.2 Å². The second-order valence-corrected chi connectivity index (χ2v) is 7.06. The smallest absolute Gasteiger partial charge is 0.233 e. The Hall–Kier alpha value is -1.24. The van der Waals surface area contributed by atoms with Gasteiger partial charge in [0, 0.05) is 24.1 Å². The minimum Gasteiger partial charge on any atom is -0.348 e. The maximum Gasteiger partial charge on any atom is 0.233 e. The van der Waals surface area contributed by atoms with Crippen LogP contribution in [0.15, 0.2) is 29.2 Å². The molecule has 24 heavy (non-hydrogen) atoms. The van der Waals surface area contributed by atoms with Gasteiger partial charge in [0.1, 0.15) is 0 Å². The number of thioether (sulfide) groups is 1. The Morgan fingerprint density at radius 3 is 2.17 bits per heavy atom. The molecule has 2 amide bonds. The van der Waals surface area contributed by atoms with Crippen molar-refractivity contribution in [3.05, 3.63) is 24.3 Å². The number of anilines is 1. The fourth-order valence-electron chi connectivity index (χ4n) is 2.21. The fraction of sp³-hybridized carbons (Fsp3) is 0.529. The van der Waals surface area contributed by atoms with Gasteiger partial charge in [-0.2, -0.15) is 0 Å². The molecule has 0 spiro atoms. The summed E-state index contributed by atoms with van der Waals surface area (Å²) in [5.74, 6) is -0.106. The van der Waals surface area contributed by atoms with Crippen LogP contribution in [0.25, 0.3) is 0 Å². The molecule has 1 aromatic rings. The molecule has 1 rings (SSSR count). The first-order chi connectivity index (χ1) is 10.9. The molecule has 5 nitrogen and oxygen atoms in total. The molecular weight excluding hydrogens is 346 g/mol. The predicted molar refractivity (Wildman–Crippen MR) is 104 cm³/mol. The van der Waals surface area contributed by atoms with Crippen LogP contribution in [0, 0.1) is 0 Å². The molecule has 1 unspecified atom stereocenters. The average molecular weight is 374 g/mol. The standard InChI is InChI=1S/C17H27N3O2S.ClH/c1-5-17(6-2,11-18)20-16(22)12(3)23-15-9-7-14(8-10-15)19-13(4)21;/h7-10,12H,5-6,11,18H2,1-4H3,(H,19,21)(H,20,22);1H. The number of rotatable bonds is 8. The van der Waals surface area contributed by atoms with E-state index in [9.17, 15) is 9.59 Å². The molecule has 0 fully saturated rings. The zero-order valence-corrected chi connectivity index (χ0v) is 16.4. The number of nitrogens with two attached hydrogens (primary N) is 1. The van der Waals surface area contributed by atoms with Gasteiger partial charge in [0.2, 0.25) is 11.8 Å². The Morgan fingerprint density at radius 1 is 1.21 bits per heavy atom. The summed E-state index contributed by atoms with van der Waals surface area (Å²) < 4.78 is 0. The molecule has 0 aliphatic heterocycles. The van der Waals surface area contributed by atoms with E-state index in [0.717, 1.165) is 23.4 Å². The van der Waals surface area contributed by atoms with E-state index in [1.54, 1.807) is 0 Å².